The molecule has 0 bridgehead atoms. The minimum Gasteiger partial charge on any atom is -0.469 e. The molecule has 0 saturated heterocycles. The maximum absolute atomic E-state index is 12.0. The van der Waals surface area contributed by atoms with Gasteiger partial charge in [0.15, 0.2) is 5.96 Å². The molecule has 0 aliphatic heterocycles. The van der Waals surface area contributed by atoms with Crippen LogP contribution in [0.15, 0.2) is 52.1 Å². The molecule has 1 aromatic carbocycles. The summed E-state index contributed by atoms with van der Waals surface area (Å²) < 4.78 is 5.36. The van der Waals surface area contributed by atoms with Crippen LogP contribution in [0, 0.1) is 0 Å². The van der Waals surface area contributed by atoms with Crippen molar-refractivity contribution in [3.05, 3.63) is 59.5 Å². The van der Waals surface area contributed by atoms with Gasteiger partial charge in [-0.2, -0.15) is 11.8 Å². The number of thioether (sulfide) groups is 1. The number of carbonyl (C=O) groups is 1. The van der Waals surface area contributed by atoms with Crippen LogP contribution in [0.4, 0.5) is 0 Å². The van der Waals surface area contributed by atoms with Crippen LogP contribution in [-0.2, 0) is 13.0 Å². The molecule has 0 spiro atoms. The van der Waals surface area contributed by atoms with Crippen molar-refractivity contribution in [1.82, 2.24) is 15.5 Å². The molecular formula is C20H28N4O2S. The second-order valence-corrected chi connectivity index (χ2v) is 7.22. The molecule has 146 valence electrons. The molecule has 0 aliphatic carbocycles. The van der Waals surface area contributed by atoms with Crippen LogP contribution in [0.5, 0.6) is 0 Å². The van der Waals surface area contributed by atoms with Gasteiger partial charge in [-0.3, -0.25) is 4.79 Å². The quantitative estimate of drug-likeness (QED) is 0.393. The molecular weight excluding hydrogens is 360 g/mol. The first-order chi connectivity index (χ1) is 13.1. The van der Waals surface area contributed by atoms with Crippen molar-refractivity contribution in [2.24, 2.45) is 4.99 Å². The average molecular weight is 389 g/mol. The van der Waals surface area contributed by atoms with Crippen LogP contribution in [-0.4, -0.2) is 56.0 Å². The third-order valence-electron chi connectivity index (χ3n) is 3.87. The van der Waals surface area contributed by atoms with Crippen LogP contribution in [0.3, 0.4) is 0 Å². The first-order valence-electron chi connectivity index (χ1n) is 8.94. The van der Waals surface area contributed by atoms with E-state index in [-0.39, 0.29) is 5.91 Å². The Labute approximate surface area is 165 Å². The number of amides is 1. The zero-order chi connectivity index (χ0) is 19.5. The van der Waals surface area contributed by atoms with Gasteiger partial charge >= 0.3 is 0 Å². The van der Waals surface area contributed by atoms with Gasteiger partial charge in [0.2, 0.25) is 0 Å². The van der Waals surface area contributed by atoms with Crippen LogP contribution < -0.4 is 10.6 Å². The number of guanidine groups is 1. The van der Waals surface area contributed by atoms with E-state index < -0.39 is 0 Å². The summed E-state index contributed by atoms with van der Waals surface area (Å²) in [4.78, 5) is 18.2. The van der Waals surface area contributed by atoms with E-state index in [1.54, 1.807) is 37.0 Å². The molecule has 0 saturated carbocycles. The summed E-state index contributed by atoms with van der Waals surface area (Å²) in [6.45, 7) is 2.14. The molecule has 0 aliphatic rings. The Hall–Kier alpha value is -2.41. The number of nitrogens with one attached hydrogen (secondary N) is 2. The molecule has 2 rings (SSSR count). The fourth-order valence-electron chi connectivity index (χ4n) is 2.39. The molecule has 0 radical (unpaired) electrons. The zero-order valence-corrected chi connectivity index (χ0v) is 17.0. The maximum Gasteiger partial charge on any atom is 0.253 e. The Balaban J connectivity index is 1.92. The summed E-state index contributed by atoms with van der Waals surface area (Å²) >= 11 is 1.79. The van der Waals surface area contributed by atoms with Crippen molar-refractivity contribution in [2.45, 2.75) is 13.0 Å². The summed E-state index contributed by atoms with van der Waals surface area (Å²) in [7, 11) is 3.50. The molecule has 1 amide bonds. The smallest absolute Gasteiger partial charge is 0.253 e. The van der Waals surface area contributed by atoms with Gasteiger partial charge in [-0.1, -0.05) is 12.1 Å². The fourth-order valence-corrected chi connectivity index (χ4v) is 2.69. The number of hydrogen-bond acceptors (Lipinski definition) is 4. The van der Waals surface area contributed by atoms with E-state index in [0.29, 0.717) is 12.1 Å². The first kappa shape index (κ1) is 20.9. The molecule has 2 N–H and O–H groups in total. The van der Waals surface area contributed by atoms with Gasteiger partial charge in [-0.25, -0.2) is 4.99 Å². The van der Waals surface area contributed by atoms with Crippen molar-refractivity contribution in [2.75, 3.05) is 39.2 Å². The second kappa shape index (κ2) is 11.3. The van der Waals surface area contributed by atoms with E-state index >= 15 is 0 Å². The highest BCUT2D eigenvalue weighted by atomic mass is 32.2. The van der Waals surface area contributed by atoms with E-state index in [9.17, 15) is 4.79 Å². The third kappa shape index (κ3) is 7.38. The summed E-state index contributed by atoms with van der Waals surface area (Å²) in [5.74, 6) is 2.75. The Kier molecular flexibility index (Phi) is 8.77. The summed E-state index contributed by atoms with van der Waals surface area (Å²) in [5, 5.41) is 6.68. The fraction of sp³-hybridized carbons (Fsp3) is 0.400. The van der Waals surface area contributed by atoms with Gasteiger partial charge in [0.1, 0.15) is 5.76 Å². The number of hydrogen-bond donors (Lipinski definition) is 2. The Morgan fingerprint density at radius 3 is 2.52 bits per heavy atom. The number of benzene rings is 1. The molecule has 0 atom stereocenters. The largest absolute Gasteiger partial charge is 0.469 e. The minimum atomic E-state index is 0.00376. The standard InChI is InChI=1S/C20H28N4O2S/c1-24(2)19(25)17-8-6-16(7-9-17)15-23-20(22-12-14-27-3)21-11-10-18-5-4-13-26-18/h4-9,13H,10-12,14-15H2,1-3H3,(H2,21,22,23). The van der Waals surface area contributed by atoms with Gasteiger partial charge in [0, 0.05) is 44.9 Å². The summed E-state index contributed by atoms with van der Waals surface area (Å²) in [5.41, 5.74) is 1.74. The minimum absolute atomic E-state index is 0.00376. The van der Waals surface area contributed by atoms with E-state index in [1.807, 2.05) is 36.4 Å². The third-order valence-corrected chi connectivity index (χ3v) is 4.48. The molecule has 0 unspecified atom stereocenters. The second-order valence-electron chi connectivity index (χ2n) is 6.24. The lowest BCUT2D eigenvalue weighted by molar-refractivity contribution is 0.0827. The molecule has 1 heterocycles. The van der Waals surface area contributed by atoms with Gasteiger partial charge in [-0.05, 0) is 36.1 Å². The van der Waals surface area contributed by atoms with Crippen molar-refractivity contribution < 1.29 is 9.21 Å². The Morgan fingerprint density at radius 2 is 1.89 bits per heavy atom. The van der Waals surface area contributed by atoms with Crippen molar-refractivity contribution in [3.8, 4) is 0 Å². The highest BCUT2D eigenvalue weighted by molar-refractivity contribution is 7.98. The first-order valence-corrected chi connectivity index (χ1v) is 10.3. The number of aliphatic imine (C=N–C) groups is 1. The van der Waals surface area contributed by atoms with Crippen molar-refractivity contribution in [1.29, 1.82) is 0 Å². The van der Waals surface area contributed by atoms with Gasteiger partial charge in [-0.15, -0.1) is 0 Å². The molecule has 7 heteroatoms. The van der Waals surface area contributed by atoms with Gasteiger partial charge in [0.05, 0.1) is 12.8 Å². The normalized spacial score (nSPS) is 11.3. The van der Waals surface area contributed by atoms with E-state index in [4.69, 9.17) is 4.42 Å². The number of furan rings is 1. The molecule has 2 aromatic rings. The predicted molar refractivity (Wildman–Crippen MR) is 112 cm³/mol. The zero-order valence-electron chi connectivity index (χ0n) is 16.2. The topological polar surface area (TPSA) is 69.9 Å². The van der Waals surface area contributed by atoms with Crippen LogP contribution in [0.25, 0.3) is 0 Å². The van der Waals surface area contributed by atoms with E-state index in [0.717, 1.165) is 42.5 Å². The SMILES string of the molecule is CSCCNC(=NCc1ccc(C(=O)N(C)C)cc1)NCCc1ccco1. The van der Waals surface area contributed by atoms with Gasteiger partial charge < -0.3 is 20.0 Å². The number of carbonyl (C=O) groups excluding carboxylic acids is 1. The lowest BCUT2D eigenvalue weighted by atomic mass is 10.1. The van der Waals surface area contributed by atoms with Crippen LogP contribution in [0.1, 0.15) is 21.7 Å². The molecule has 27 heavy (non-hydrogen) atoms. The lowest BCUT2D eigenvalue weighted by Crippen LogP contribution is -2.39. The number of nitrogens with zero attached hydrogens (tertiary/aromatic N) is 2. The van der Waals surface area contributed by atoms with Gasteiger partial charge in [0.25, 0.3) is 5.91 Å². The highest BCUT2D eigenvalue weighted by Gasteiger charge is 2.07. The van der Waals surface area contributed by atoms with E-state index in [1.165, 1.54) is 0 Å². The molecule has 0 fully saturated rings. The van der Waals surface area contributed by atoms with Crippen molar-refractivity contribution in [3.63, 3.8) is 0 Å². The Bertz CT molecular complexity index is 712. The average Bonchev–Trinajstić information content (AvgIpc) is 3.19. The monoisotopic (exact) mass is 388 g/mol. The summed E-state index contributed by atoms with van der Waals surface area (Å²) in [6, 6.07) is 11.4. The lowest BCUT2D eigenvalue weighted by Gasteiger charge is -2.12. The number of rotatable bonds is 9. The summed E-state index contributed by atoms with van der Waals surface area (Å²) in [6.07, 6.45) is 4.57. The Morgan fingerprint density at radius 1 is 1.15 bits per heavy atom. The molecule has 1 aromatic heterocycles. The van der Waals surface area contributed by atoms with Crippen molar-refractivity contribution >= 4 is 23.6 Å². The van der Waals surface area contributed by atoms with Crippen LogP contribution >= 0.6 is 11.8 Å². The predicted octanol–water partition coefficient (Wildman–Crippen LogP) is 2.62. The van der Waals surface area contributed by atoms with Crippen LogP contribution in [0.2, 0.25) is 0 Å². The molecule has 6 nitrogen and oxygen atoms in total. The highest BCUT2D eigenvalue weighted by Crippen LogP contribution is 2.07. The maximum atomic E-state index is 12.0. The van der Waals surface area contributed by atoms with E-state index in [2.05, 4.69) is 21.9 Å².